The second-order valence-electron chi connectivity index (χ2n) is 5.08. The van der Waals surface area contributed by atoms with Crippen molar-refractivity contribution in [2.75, 3.05) is 6.54 Å². The van der Waals surface area contributed by atoms with Crippen molar-refractivity contribution in [3.63, 3.8) is 0 Å². The number of allylic oxidation sites excluding steroid dienone is 2. The van der Waals surface area contributed by atoms with Gasteiger partial charge in [-0.2, -0.15) is 0 Å². The monoisotopic (exact) mass is 265 g/mol. The molecular weight excluding hydrogens is 234 g/mol. The zero-order chi connectivity index (χ0) is 14.2. The van der Waals surface area contributed by atoms with Crippen molar-refractivity contribution in [3.8, 4) is 0 Å². The zero-order valence-electron chi connectivity index (χ0n) is 12.5. The van der Waals surface area contributed by atoms with Crippen LogP contribution in [-0.4, -0.2) is 12.5 Å². The van der Waals surface area contributed by atoms with E-state index in [0.717, 1.165) is 32.2 Å². The second kappa shape index (κ2) is 15.0. The minimum atomic E-state index is 0.186. The van der Waals surface area contributed by atoms with Gasteiger partial charge >= 0.3 is 0 Å². The molecule has 0 spiro atoms. The molecule has 0 fully saturated rings. The van der Waals surface area contributed by atoms with E-state index in [9.17, 15) is 4.79 Å². The predicted molar refractivity (Wildman–Crippen MR) is 84.2 cm³/mol. The number of carbonyl (C=O) groups excluding carboxylic acids is 1. The average Bonchev–Trinajstić information content (AvgIpc) is 2.41. The first-order chi connectivity index (χ1) is 9.31. The third-order valence-corrected chi connectivity index (χ3v) is 3.22. The summed E-state index contributed by atoms with van der Waals surface area (Å²) in [6.45, 7) is 8.21. The molecule has 2 heteroatoms. The number of hydrogen-bond acceptors (Lipinski definition) is 1. The Balaban J connectivity index is 3.11. The van der Waals surface area contributed by atoms with Crippen LogP contribution < -0.4 is 5.32 Å². The molecule has 0 heterocycles. The van der Waals surface area contributed by atoms with E-state index in [4.69, 9.17) is 0 Å². The van der Waals surface area contributed by atoms with Crippen molar-refractivity contribution in [1.82, 2.24) is 5.32 Å². The molecule has 0 atom stereocenters. The summed E-state index contributed by atoms with van der Waals surface area (Å²) in [4.78, 5) is 11.4. The number of amides is 1. The maximum absolute atomic E-state index is 11.4. The van der Waals surface area contributed by atoms with Gasteiger partial charge in [0.2, 0.25) is 5.91 Å². The van der Waals surface area contributed by atoms with E-state index in [1.165, 1.54) is 38.5 Å². The minimum Gasteiger partial charge on any atom is -0.356 e. The minimum absolute atomic E-state index is 0.186. The topological polar surface area (TPSA) is 29.1 Å². The third-order valence-electron chi connectivity index (χ3n) is 3.22. The molecule has 0 rings (SSSR count). The molecule has 1 amide bonds. The molecule has 0 radical (unpaired) electrons. The molecule has 0 saturated heterocycles. The van der Waals surface area contributed by atoms with Crippen molar-refractivity contribution in [3.05, 3.63) is 25.3 Å². The fraction of sp³-hybridized carbons (Fsp3) is 0.706. The van der Waals surface area contributed by atoms with Gasteiger partial charge in [-0.3, -0.25) is 4.79 Å². The summed E-state index contributed by atoms with van der Waals surface area (Å²) in [5, 5.41) is 2.98. The lowest BCUT2D eigenvalue weighted by Gasteiger charge is -2.04. The molecule has 0 aromatic carbocycles. The van der Waals surface area contributed by atoms with Crippen LogP contribution in [-0.2, 0) is 4.79 Å². The molecule has 0 unspecified atom stereocenters. The van der Waals surface area contributed by atoms with E-state index in [-0.39, 0.29) is 5.91 Å². The largest absolute Gasteiger partial charge is 0.356 e. The van der Waals surface area contributed by atoms with Gasteiger partial charge in [-0.25, -0.2) is 0 Å². The van der Waals surface area contributed by atoms with Crippen LogP contribution in [0.5, 0.6) is 0 Å². The van der Waals surface area contributed by atoms with Crippen molar-refractivity contribution in [2.24, 2.45) is 0 Å². The Morgan fingerprint density at radius 2 is 1.32 bits per heavy atom. The van der Waals surface area contributed by atoms with Gasteiger partial charge in [-0.05, 0) is 32.1 Å². The summed E-state index contributed by atoms with van der Waals surface area (Å²) < 4.78 is 0. The summed E-state index contributed by atoms with van der Waals surface area (Å²) in [6.07, 6.45) is 16.4. The fourth-order valence-electron chi connectivity index (χ4n) is 2.02. The van der Waals surface area contributed by atoms with Crippen molar-refractivity contribution in [1.29, 1.82) is 0 Å². The molecule has 0 bridgehead atoms. The summed E-state index contributed by atoms with van der Waals surface area (Å²) >= 11 is 0. The molecule has 0 aliphatic rings. The summed E-state index contributed by atoms with van der Waals surface area (Å²) in [6, 6.07) is 0. The van der Waals surface area contributed by atoms with Crippen LogP contribution in [0.15, 0.2) is 25.3 Å². The lowest BCUT2D eigenvalue weighted by Crippen LogP contribution is -2.23. The molecule has 0 aromatic rings. The van der Waals surface area contributed by atoms with Crippen LogP contribution in [0, 0.1) is 0 Å². The Labute approximate surface area is 119 Å². The lowest BCUT2D eigenvalue weighted by atomic mass is 10.1. The number of hydrogen-bond donors (Lipinski definition) is 1. The summed E-state index contributed by atoms with van der Waals surface area (Å²) in [7, 11) is 0. The highest BCUT2D eigenvalue weighted by Gasteiger charge is 1.99. The Morgan fingerprint density at radius 1 is 0.789 bits per heavy atom. The van der Waals surface area contributed by atoms with Gasteiger partial charge < -0.3 is 5.32 Å². The normalized spacial score (nSPS) is 10.1. The van der Waals surface area contributed by atoms with E-state index in [2.05, 4.69) is 18.5 Å². The zero-order valence-corrected chi connectivity index (χ0v) is 12.5. The van der Waals surface area contributed by atoms with E-state index < -0.39 is 0 Å². The quantitative estimate of drug-likeness (QED) is 0.356. The summed E-state index contributed by atoms with van der Waals surface area (Å²) in [5.74, 6) is 0.186. The second-order valence-corrected chi connectivity index (χ2v) is 5.08. The highest BCUT2D eigenvalue weighted by molar-refractivity contribution is 5.75. The highest BCUT2D eigenvalue weighted by Crippen LogP contribution is 2.08. The Bertz CT molecular complexity index is 235. The lowest BCUT2D eigenvalue weighted by molar-refractivity contribution is -0.121. The van der Waals surface area contributed by atoms with Crippen LogP contribution in [0.4, 0.5) is 0 Å². The molecule has 0 aromatic heterocycles. The highest BCUT2D eigenvalue weighted by atomic mass is 16.1. The third kappa shape index (κ3) is 14.9. The van der Waals surface area contributed by atoms with E-state index in [1.807, 2.05) is 12.2 Å². The van der Waals surface area contributed by atoms with Gasteiger partial charge in [-0.15, -0.1) is 13.2 Å². The smallest absolute Gasteiger partial charge is 0.220 e. The molecule has 19 heavy (non-hydrogen) atoms. The Morgan fingerprint density at radius 3 is 1.95 bits per heavy atom. The molecule has 110 valence electrons. The Hall–Kier alpha value is -1.05. The van der Waals surface area contributed by atoms with Gasteiger partial charge in [0.25, 0.3) is 0 Å². The summed E-state index contributed by atoms with van der Waals surface area (Å²) in [5.41, 5.74) is 0. The van der Waals surface area contributed by atoms with Crippen LogP contribution in [0.25, 0.3) is 0 Å². The number of carbonyl (C=O) groups is 1. The van der Waals surface area contributed by atoms with E-state index in [1.54, 1.807) is 0 Å². The molecule has 0 saturated carbocycles. The van der Waals surface area contributed by atoms with E-state index >= 15 is 0 Å². The fourth-order valence-corrected chi connectivity index (χ4v) is 2.02. The molecular formula is C17H31NO. The molecule has 1 N–H and O–H groups in total. The molecule has 2 nitrogen and oxygen atoms in total. The molecule has 0 aliphatic heterocycles. The van der Waals surface area contributed by atoms with Crippen LogP contribution >= 0.6 is 0 Å². The standard InChI is InChI=1S/C17H31NO/c1-3-5-7-8-9-10-11-12-14-16-18-17(19)15-13-6-4-2/h3-4H,1-2,5-16H2,(H,18,19). The first-order valence-electron chi connectivity index (χ1n) is 7.79. The average molecular weight is 265 g/mol. The van der Waals surface area contributed by atoms with Crippen LogP contribution in [0.3, 0.4) is 0 Å². The van der Waals surface area contributed by atoms with Crippen molar-refractivity contribution >= 4 is 5.91 Å². The maximum atomic E-state index is 11.4. The van der Waals surface area contributed by atoms with Crippen LogP contribution in [0.2, 0.25) is 0 Å². The van der Waals surface area contributed by atoms with Gasteiger partial charge in [0.1, 0.15) is 0 Å². The van der Waals surface area contributed by atoms with Gasteiger partial charge in [0.15, 0.2) is 0 Å². The van der Waals surface area contributed by atoms with Crippen molar-refractivity contribution < 1.29 is 4.79 Å². The first kappa shape index (κ1) is 17.9. The number of nitrogens with one attached hydrogen (secondary N) is 1. The number of unbranched alkanes of at least 4 members (excludes halogenated alkanes) is 8. The van der Waals surface area contributed by atoms with Gasteiger partial charge in [-0.1, -0.05) is 44.3 Å². The van der Waals surface area contributed by atoms with Crippen LogP contribution in [0.1, 0.15) is 70.6 Å². The Kier molecular flexibility index (Phi) is 14.2. The van der Waals surface area contributed by atoms with E-state index in [0.29, 0.717) is 6.42 Å². The van der Waals surface area contributed by atoms with Crippen molar-refractivity contribution in [2.45, 2.75) is 70.6 Å². The SMILES string of the molecule is C=CCCCCCCCCCNC(=O)CCCC=C. The van der Waals surface area contributed by atoms with Gasteiger partial charge in [0.05, 0.1) is 0 Å². The van der Waals surface area contributed by atoms with Gasteiger partial charge in [0, 0.05) is 13.0 Å². The molecule has 0 aliphatic carbocycles. The number of rotatable bonds is 14. The predicted octanol–water partition coefficient (Wildman–Crippen LogP) is 4.77. The first-order valence-corrected chi connectivity index (χ1v) is 7.79. The maximum Gasteiger partial charge on any atom is 0.220 e.